The van der Waals surface area contributed by atoms with Crippen LogP contribution in [0.3, 0.4) is 0 Å². The van der Waals surface area contributed by atoms with Gasteiger partial charge in [-0.05, 0) is 0 Å². The van der Waals surface area contributed by atoms with Crippen molar-refractivity contribution in [1.82, 2.24) is 4.98 Å². The summed E-state index contributed by atoms with van der Waals surface area (Å²) in [4.78, 5) is 3.33. The summed E-state index contributed by atoms with van der Waals surface area (Å²) < 4.78 is 16.7. The van der Waals surface area contributed by atoms with Gasteiger partial charge in [0.05, 0.1) is 13.3 Å². The van der Waals surface area contributed by atoms with Gasteiger partial charge in [0.15, 0.2) is 0 Å². The highest BCUT2D eigenvalue weighted by molar-refractivity contribution is 5.13. The van der Waals surface area contributed by atoms with Crippen LogP contribution in [0.5, 0.6) is 5.75 Å². The molecule has 1 heterocycles. The molecule has 0 amide bonds. The van der Waals surface area contributed by atoms with Gasteiger partial charge in [-0.2, -0.15) is 4.39 Å². The van der Waals surface area contributed by atoms with Crippen LogP contribution in [-0.4, -0.2) is 12.1 Å². The van der Waals surface area contributed by atoms with Gasteiger partial charge < -0.3 is 4.74 Å². The fourth-order valence-corrected chi connectivity index (χ4v) is 0.437. The molecule has 0 unspecified atom stereocenters. The standard InChI is InChI=1S/C6H5FNO/c1-9-5-2-3-6(7)8-4-5/h3-4H,1H3. The van der Waals surface area contributed by atoms with E-state index in [4.69, 9.17) is 0 Å². The smallest absolute Gasteiger partial charge is 0.213 e. The number of hydrogen-bond donors (Lipinski definition) is 0. The Hall–Kier alpha value is -1.12. The van der Waals surface area contributed by atoms with E-state index >= 15 is 0 Å². The van der Waals surface area contributed by atoms with Gasteiger partial charge in [0.1, 0.15) is 5.75 Å². The predicted molar refractivity (Wildman–Crippen MR) is 29.6 cm³/mol. The van der Waals surface area contributed by atoms with Gasteiger partial charge in [-0.15, -0.1) is 0 Å². The lowest BCUT2D eigenvalue weighted by atomic mass is 10.5. The number of aromatic nitrogens is 1. The maximum Gasteiger partial charge on any atom is 0.213 e. The molecule has 1 rings (SSSR count). The molecule has 0 aliphatic rings. The Morgan fingerprint density at radius 1 is 1.78 bits per heavy atom. The predicted octanol–water partition coefficient (Wildman–Crippen LogP) is 1.03. The van der Waals surface area contributed by atoms with Gasteiger partial charge in [0, 0.05) is 12.1 Å². The number of halogens is 1. The molecule has 1 aromatic heterocycles. The Balaban J connectivity index is 2.88. The first-order valence-corrected chi connectivity index (χ1v) is 2.40. The molecular weight excluding hydrogens is 121 g/mol. The minimum absolute atomic E-state index is 0.441. The lowest BCUT2D eigenvalue weighted by Crippen LogP contribution is -1.85. The topological polar surface area (TPSA) is 22.1 Å². The number of ether oxygens (including phenoxy) is 1. The Morgan fingerprint density at radius 2 is 2.56 bits per heavy atom. The molecule has 3 heteroatoms. The van der Waals surface area contributed by atoms with Crippen LogP contribution in [0.15, 0.2) is 12.3 Å². The van der Waals surface area contributed by atoms with E-state index in [-0.39, 0.29) is 0 Å². The second kappa shape index (κ2) is 2.44. The molecule has 1 radical (unpaired) electrons. The Bertz CT molecular complexity index is 185. The highest BCUT2D eigenvalue weighted by Gasteiger charge is 1.90. The van der Waals surface area contributed by atoms with Crippen LogP contribution in [0.2, 0.25) is 0 Å². The quantitative estimate of drug-likeness (QED) is 0.524. The van der Waals surface area contributed by atoms with E-state index in [0.717, 1.165) is 6.07 Å². The molecule has 0 bridgehead atoms. The normalized spacial score (nSPS) is 9.11. The molecular formula is C6H5FNO. The van der Waals surface area contributed by atoms with Gasteiger partial charge in [0.2, 0.25) is 5.95 Å². The molecule has 1 aromatic rings. The molecule has 0 N–H and O–H groups in total. The zero-order valence-corrected chi connectivity index (χ0v) is 4.89. The summed E-state index contributed by atoms with van der Waals surface area (Å²) in [6, 6.07) is 3.65. The summed E-state index contributed by atoms with van der Waals surface area (Å²) in [7, 11) is 1.48. The molecule has 0 atom stereocenters. The van der Waals surface area contributed by atoms with Crippen molar-refractivity contribution >= 4 is 0 Å². The van der Waals surface area contributed by atoms with Crippen molar-refractivity contribution < 1.29 is 9.13 Å². The third-order valence-corrected chi connectivity index (χ3v) is 0.859. The lowest BCUT2D eigenvalue weighted by Gasteiger charge is -1.93. The number of hydrogen-bond acceptors (Lipinski definition) is 2. The third kappa shape index (κ3) is 1.38. The zero-order chi connectivity index (χ0) is 6.69. The Labute approximate surface area is 52.3 Å². The summed E-state index contributed by atoms with van der Waals surface area (Å²) in [5.41, 5.74) is 0. The van der Waals surface area contributed by atoms with E-state index in [2.05, 4.69) is 15.8 Å². The summed E-state index contributed by atoms with van der Waals surface area (Å²) in [5.74, 6) is -0.104. The van der Waals surface area contributed by atoms with Gasteiger partial charge in [-0.1, -0.05) is 0 Å². The maximum absolute atomic E-state index is 12.0. The van der Waals surface area contributed by atoms with Crippen molar-refractivity contribution in [3.63, 3.8) is 0 Å². The molecule has 0 aromatic carbocycles. The average Bonchev–Trinajstić information content (AvgIpc) is 1.90. The fraction of sp³-hybridized carbons (Fsp3) is 0.167. The first-order valence-electron chi connectivity index (χ1n) is 2.40. The molecule has 0 fully saturated rings. The summed E-state index contributed by atoms with van der Waals surface area (Å²) in [6.45, 7) is 0. The van der Waals surface area contributed by atoms with Gasteiger partial charge in [-0.25, -0.2) is 4.98 Å². The zero-order valence-electron chi connectivity index (χ0n) is 4.89. The van der Waals surface area contributed by atoms with Crippen molar-refractivity contribution in [3.05, 3.63) is 24.3 Å². The van der Waals surface area contributed by atoms with Crippen LogP contribution in [0.1, 0.15) is 0 Å². The lowest BCUT2D eigenvalue weighted by molar-refractivity contribution is 0.409. The molecule has 0 spiro atoms. The maximum atomic E-state index is 12.0. The number of nitrogens with zero attached hydrogens (tertiary/aromatic N) is 1. The fourth-order valence-electron chi connectivity index (χ4n) is 0.437. The van der Waals surface area contributed by atoms with Crippen molar-refractivity contribution in [3.8, 4) is 5.75 Å². The minimum atomic E-state index is -0.546. The number of rotatable bonds is 1. The summed E-state index contributed by atoms with van der Waals surface area (Å²) in [6.07, 6.45) is 1.27. The van der Waals surface area contributed by atoms with Crippen molar-refractivity contribution in [1.29, 1.82) is 0 Å². The molecule has 0 aliphatic heterocycles. The molecule has 0 aliphatic carbocycles. The van der Waals surface area contributed by atoms with Gasteiger partial charge in [-0.3, -0.25) is 0 Å². The van der Waals surface area contributed by atoms with Crippen molar-refractivity contribution in [2.24, 2.45) is 0 Å². The first kappa shape index (κ1) is 6.01. The van der Waals surface area contributed by atoms with Gasteiger partial charge >= 0.3 is 0 Å². The number of pyridine rings is 1. The summed E-state index contributed by atoms with van der Waals surface area (Å²) in [5, 5.41) is 0. The Kier molecular flexibility index (Phi) is 1.63. The van der Waals surface area contributed by atoms with Crippen molar-refractivity contribution in [2.45, 2.75) is 0 Å². The van der Waals surface area contributed by atoms with Gasteiger partial charge in [0.25, 0.3) is 0 Å². The Morgan fingerprint density at radius 3 is 3.00 bits per heavy atom. The SMILES string of the molecule is COc1[c]cc(F)nc1. The van der Waals surface area contributed by atoms with E-state index in [9.17, 15) is 4.39 Å². The van der Waals surface area contributed by atoms with E-state index in [1.807, 2.05) is 0 Å². The second-order valence-electron chi connectivity index (χ2n) is 1.44. The molecule has 9 heavy (non-hydrogen) atoms. The van der Waals surface area contributed by atoms with E-state index in [1.165, 1.54) is 13.3 Å². The molecule has 2 nitrogen and oxygen atoms in total. The molecule has 47 valence electrons. The minimum Gasteiger partial charge on any atom is -0.494 e. The van der Waals surface area contributed by atoms with Crippen LogP contribution < -0.4 is 4.74 Å². The second-order valence-corrected chi connectivity index (χ2v) is 1.44. The van der Waals surface area contributed by atoms with Crippen LogP contribution >= 0.6 is 0 Å². The van der Waals surface area contributed by atoms with E-state index in [1.54, 1.807) is 0 Å². The van der Waals surface area contributed by atoms with E-state index < -0.39 is 5.95 Å². The number of methoxy groups -OCH3 is 1. The monoisotopic (exact) mass is 126 g/mol. The average molecular weight is 126 g/mol. The first-order chi connectivity index (χ1) is 4.33. The largest absolute Gasteiger partial charge is 0.494 e. The highest BCUT2D eigenvalue weighted by atomic mass is 19.1. The highest BCUT2D eigenvalue weighted by Crippen LogP contribution is 2.04. The van der Waals surface area contributed by atoms with Crippen LogP contribution in [0.4, 0.5) is 4.39 Å². The molecule has 0 saturated heterocycles. The van der Waals surface area contributed by atoms with Crippen LogP contribution in [0.25, 0.3) is 0 Å². The van der Waals surface area contributed by atoms with Crippen molar-refractivity contribution in [2.75, 3.05) is 7.11 Å². The third-order valence-electron chi connectivity index (χ3n) is 0.859. The van der Waals surface area contributed by atoms with Crippen LogP contribution in [0, 0.1) is 12.0 Å². The molecule has 0 saturated carbocycles. The van der Waals surface area contributed by atoms with E-state index in [0.29, 0.717) is 5.75 Å². The van der Waals surface area contributed by atoms with Crippen LogP contribution in [-0.2, 0) is 0 Å². The summed E-state index contributed by atoms with van der Waals surface area (Å²) >= 11 is 0.